The number of nitrogens with one attached hydrogen (secondary N) is 2. The molecule has 0 fully saturated rings. The topological polar surface area (TPSA) is 101 Å². The minimum absolute atomic E-state index is 0.0355. The van der Waals surface area contributed by atoms with E-state index in [1.807, 2.05) is 0 Å². The number of aromatic amines is 1. The summed E-state index contributed by atoms with van der Waals surface area (Å²) in [4.78, 5) is 32.1. The van der Waals surface area contributed by atoms with Crippen LogP contribution >= 0.6 is 0 Å². The molecule has 218 valence electrons. The highest BCUT2D eigenvalue weighted by Gasteiger charge is 2.31. The molecule has 1 atom stereocenters. The van der Waals surface area contributed by atoms with Gasteiger partial charge >= 0.3 is 6.18 Å². The Hall–Kier alpha value is -4.80. The van der Waals surface area contributed by atoms with Crippen molar-refractivity contribution in [3.8, 4) is 0 Å². The Morgan fingerprint density at radius 2 is 1.83 bits per heavy atom. The van der Waals surface area contributed by atoms with Crippen LogP contribution in [0.1, 0.15) is 47.3 Å². The predicted molar refractivity (Wildman–Crippen MR) is 149 cm³/mol. The third kappa shape index (κ3) is 7.48. The van der Waals surface area contributed by atoms with E-state index in [2.05, 4.69) is 15.3 Å². The van der Waals surface area contributed by atoms with Crippen molar-refractivity contribution in [2.24, 2.45) is 5.73 Å². The van der Waals surface area contributed by atoms with Crippen LogP contribution in [0.4, 0.5) is 22.0 Å². The highest BCUT2D eigenvalue weighted by atomic mass is 19.4. The quantitative estimate of drug-likeness (QED) is 0.150. The van der Waals surface area contributed by atoms with Crippen molar-refractivity contribution >= 4 is 28.3 Å². The van der Waals surface area contributed by atoms with Crippen LogP contribution in [-0.2, 0) is 28.6 Å². The maximum Gasteiger partial charge on any atom is 0.416 e. The lowest BCUT2D eigenvalue weighted by molar-refractivity contribution is -0.137. The zero-order chi connectivity index (χ0) is 30.4. The highest BCUT2D eigenvalue weighted by molar-refractivity contribution is 5.89. The molecule has 2 aromatic heterocycles. The number of amides is 2. The summed E-state index contributed by atoms with van der Waals surface area (Å²) in [6.45, 7) is 1.78. The van der Waals surface area contributed by atoms with Gasteiger partial charge in [-0.1, -0.05) is 30.4 Å². The summed E-state index contributed by atoms with van der Waals surface area (Å²) in [6.07, 6.45) is 3.27. The average Bonchev–Trinajstić information content (AvgIpc) is 3.31. The number of primary amides is 1. The van der Waals surface area contributed by atoms with Gasteiger partial charge in [-0.15, -0.1) is 0 Å². The Bertz CT molecular complexity index is 1650. The molecule has 2 amide bonds. The second kappa shape index (κ2) is 12.8. The molecule has 4 N–H and O–H groups in total. The van der Waals surface area contributed by atoms with Crippen LogP contribution in [0.25, 0.3) is 16.5 Å². The first-order valence-corrected chi connectivity index (χ1v) is 12.9. The zero-order valence-corrected chi connectivity index (χ0v) is 22.4. The molecule has 42 heavy (non-hydrogen) atoms. The summed E-state index contributed by atoms with van der Waals surface area (Å²) >= 11 is 0. The van der Waals surface area contributed by atoms with Crippen molar-refractivity contribution < 1.29 is 31.5 Å². The summed E-state index contributed by atoms with van der Waals surface area (Å²) in [6, 6.07) is 8.78. The largest absolute Gasteiger partial charge is 0.416 e. The number of benzene rings is 2. The van der Waals surface area contributed by atoms with Gasteiger partial charge in [-0.05, 0) is 60.4 Å². The number of carbonyl (C=O) groups excluding carboxylic acids is 2. The summed E-state index contributed by atoms with van der Waals surface area (Å²) in [5.74, 6) is -2.62. The first-order valence-electron chi connectivity index (χ1n) is 12.9. The van der Waals surface area contributed by atoms with Crippen LogP contribution in [0.2, 0.25) is 0 Å². The molecule has 0 saturated heterocycles. The van der Waals surface area contributed by atoms with Crippen molar-refractivity contribution in [2.75, 3.05) is 0 Å². The van der Waals surface area contributed by atoms with Gasteiger partial charge in [0.1, 0.15) is 11.6 Å². The van der Waals surface area contributed by atoms with E-state index >= 15 is 0 Å². The standard InChI is InChI=1S/C31H27F5N4O2/c1-2-4-19(6-9-28(37)41)25-5-3-10-38-30(25)27(13-18-11-22(32)16-23(33)12-18)40-29(42)14-20-17-39-26-15-21(31(34,35)36)7-8-24(20)26/h2-8,10-12,15-17,27,39H,9,13-14H2,1H3,(H2,37,41)(H,40,42)/b4-2-,19-6+/t27-/m0/s1. The minimum atomic E-state index is -4.52. The first-order chi connectivity index (χ1) is 19.9. The number of aromatic nitrogens is 2. The molecule has 0 aliphatic carbocycles. The average molecular weight is 583 g/mol. The normalized spacial score (nSPS) is 13.0. The Morgan fingerprint density at radius 1 is 1.10 bits per heavy atom. The fraction of sp³-hybridized carbons (Fsp3) is 0.194. The van der Waals surface area contributed by atoms with E-state index in [4.69, 9.17) is 5.73 Å². The van der Waals surface area contributed by atoms with E-state index in [1.165, 1.54) is 18.5 Å². The highest BCUT2D eigenvalue weighted by Crippen LogP contribution is 2.32. The van der Waals surface area contributed by atoms with Crippen molar-refractivity contribution in [2.45, 2.75) is 38.4 Å². The van der Waals surface area contributed by atoms with E-state index < -0.39 is 41.2 Å². The maximum absolute atomic E-state index is 14.1. The van der Waals surface area contributed by atoms with Gasteiger partial charge in [-0.25, -0.2) is 8.78 Å². The fourth-order valence-electron chi connectivity index (χ4n) is 4.70. The van der Waals surface area contributed by atoms with Crippen molar-refractivity contribution in [3.05, 3.63) is 119 Å². The van der Waals surface area contributed by atoms with Gasteiger partial charge in [0.25, 0.3) is 0 Å². The van der Waals surface area contributed by atoms with E-state index in [0.29, 0.717) is 27.8 Å². The van der Waals surface area contributed by atoms with Gasteiger partial charge in [-0.3, -0.25) is 14.6 Å². The van der Waals surface area contributed by atoms with Gasteiger partial charge in [0.15, 0.2) is 0 Å². The number of nitrogens with zero attached hydrogens (tertiary/aromatic N) is 1. The van der Waals surface area contributed by atoms with E-state index in [9.17, 15) is 31.5 Å². The molecule has 0 saturated carbocycles. The summed E-state index contributed by atoms with van der Waals surface area (Å²) in [5, 5.41) is 3.33. The van der Waals surface area contributed by atoms with E-state index in [0.717, 1.165) is 30.3 Å². The monoisotopic (exact) mass is 582 g/mol. The molecule has 6 nitrogen and oxygen atoms in total. The predicted octanol–water partition coefficient (Wildman–Crippen LogP) is 6.34. The summed E-state index contributed by atoms with van der Waals surface area (Å²) in [7, 11) is 0. The third-order valence-corrected chi connectivity index (χ3v) is 6.49. The molecule has 0 unspecified atom stereocenters. The molecular weight excluding hydrogens is 555 g/mol. The Morgan fingerprint density at radius 3 is 2.50 bits per heavy atom. The van der Waals surface area contributed by atoms with E-state index in [-0.39, 0.29) is 30.3 Å². The molecular formula is C31H27F5N4O2. The number of alkyl halides is 3. The van der Waals surface area contributed by atoms with E-state index in [1.54, 1.807) is 37.3 Å². The molecule has 4 rings (SSSR count). The van der Waals surface area contributed by atoms with Gasteiger partial charge in [0, 0.05) is 41.3 Å². The van der Waals surface area contributed by atoms with Gasteiger partial charge in [-0.2, -0.15) is 13.2 Å². The van der Waals surface area contributed by atoms with Crippen LogP contribution in [0, 0.1) is 11.6 Å². The van der Waals surface area contributed by atoms with Gasteiger partial charge in [0.2, 0.25) is 11.8 Å². The number of carbonyl (C=O) groups is 2. The Labute approximate surface area is 238 Å². The third-order valence-electron chi connectivity index (χ3n) is 6.49. The lowest BCUT2D eigenvalue weighted by atomic mass is 9.94. The number of H-pyrrole nitrogens is 1. The number of pyridine rings is 1. The van der Waals surface area contributed by atoms with Crippen LogP contribution in [-0.4, -0.2) is 21.8 Å². The zero-order valence-electron chi connectivity index (χ0n) is 22.4. The van der Waals surface area contributed by atoms with Gasteiger partial charge in [0.05, 0.1) is 23.7 Å². The van der Waals surface area contributed by atoms with Crippen LogP contribution in [0.5, 0.6) is 0 Å². The molecule has 11 heteroatoms. The SMILES string of the molecule is C/C=C\C(=C/CC(N)=O)c1cccnc1[C@H](Cc1cc(F)cc(F)c1)NC(=O)Cc1c[nH]c2cc(C(F)(F)F)ccc12. The van der Waals surface area contributed by atoms with Gasteiger partial charge < -0.3 is 16.0 Å². The lowest BCUT2D eigenvalue weighted by Crippen LogP contribution is -2.32. The number of allylic oxidation sites excluding steroid dienone is 3. The second-order valence-electron chi connectivity index (χ2n) is 9.62. The summed E-state index contributed by atoms with van der Waals surface area (Å²) < 4.78 is 67.5. The molecule has 0 radical (unpaired) electrons. The van der Waals surface area contributed by atoms with Crippen molar-refractivity contribution in [3.63, 3.8) is 0 Å². The fourth-order valence-corrected chi connectivity index (χ4v) is 4.70. The number of nitrogens with two attached hydrogens (primary N) is 1. The van der Waals surface area contributed by atoms with Crippen LogP contribution < -0.4 is 11.1 Å². The number of hydrogen-bond donors (Lipinski definition) is 3. The molecule has 4 aromatic rings. The maximum atomic E-state index is 14.1. The van der Waals surface area contributed by atoms with Crippen molar-refractivity contribution in [1.82, 2.24) is 15.3 Å². The smallest absolute Gasteiger partial charge is 0.369 e. The number of hydrogen-bond acceptors (Lipinski definition) is 3. The number of halogens is 5. The number of fused-ring (bicyclic) bond motifs is 1. The molecule has 0 aliphatic rings. The van der Waals surface area contributed by atoms with Crippen molar-refractivity contribution in [1.29, 1.82) is 0 Å². The molecule has 0 bridgehead atoms. The summed E-state index contributed by atoms with van der Waals surface area (Å²) in [5.41, 5.74) is 6.99. The minimum Gasteiger partial charge on any atom is -0.369 e. The second-order valence-corrected chi connectivity index (χ2v) is 9.62. The molecule has 2 aromatic carbocycles. The first kappa shape index (κ1) is 30.2. The molecule has 2 heterocycles. The van der Waals surface area contributed by atoms with Crippen LogP contribution in [0.3, 0.4) is 0 Å². The van der Waals surface area contributed by atoms with Crippen LogP contribution in [0.15, 0.2) is 79.2 Å². The molecule has 0 aliphatic heterocycles. The Kier molecular flexibility index (Phi) is 9.19. The lowest BCUT2D eigenvalue weighted by Gasteiger charge is -2.22. The molecule has 0 spiro atoms. The Balaban J connectivity index is 1.70. The number of rotatable bonds is 10.